The molecule has 3 atom stereocenters. The van der Waals surface area contributed by atoms with Gasteiger partial charge in [-0.3, -0.25) is 20.0 Å². The fourth-order valence-electron chi connectivity index (χ4n) is 6.82. The summed E-state index contributed by atoms with van der Waals surface area (Å²) in [5, 5.41) is 12.0. The maximum Gasteiger partial charge on any atom is 0.260 e. The Bertz CT molecular complexity index is 717. The van der Waals surface area contributed by atoms with Crippen molar-refractivity contribution < 1.29 is 13.6 Å². The van der Waals surface area contributed by atoms with Crippen molar-refractivity contribution in [3.8, 4) is 6.19 Å². The van der Waals surface area contributed by atoms with E-state index in [2.05, 4.69) is 5.32 Å². The van der Waals surface area contributed by atoms with Crippen molar-refractivity contribution in [2.75, 3.05) is 13.1 Å². The largest absolute Gasteiger partial charge is 0.369 e. The van der Waals surface area contributed by atoms with Crippen LogP contribution in [0.15, 0.2) is 4.99 Å². The van der Waals surface area contributed by atoms with E-state index in [1.165, 1.54) is 0 Å². The molecule has 29 heavy (non-hydrogen) atoms. The first-order valence-corrected chi connectivity index (χ1v) is 10.9. The van der Waals surface area contributed by atoms with Gasteiger partial charge < -0.3 is 5.73 Å². The van der Waals surface area contributed by atoms with E-state index in [9.17, 15) is 18.8 Å². The topological polar surface area (TPSA) is 94.5 Å². The second kappa shape index (κ2) is 7.50. The van der Waals surface area contributed by atoms with Crippen molar-refractivity contribution in [1.29, 1.82) is 5.26 Å². The number of amidine groups is 1. The predicted molar refractivity (Wildman–Crippen MR) is 105 cm³/mol. The number of nitrogens with two attached hydrogens (primary N) is 1. The summed E-state index contributed by atoms with van der Waals surface area (Å²) in [7, 11) is 0. The first kappa shape index (κ1) is 20.5. The number of hydrogen-bond donors (Lipinski definition) is 2. The molecule has 0 radical (unpaired) electrons. The quantitative estimate of drug-likeness (QED) is 0.317. The van der Waals surface area contributed by atoms with Crippen LogP contribution in [0.1, 0.15) is 58.3 Å². The van der Waals surface area contributed by atoms with Crippen molar-refractivity contribution in [2.45, 2.75) is 76.3 Å². The van der Waals surface area contributed by atoms with Crippen LogP contribution in [-0.4, -0.2) is 47.7 Å². The lowest BCUT2D eigenvalue weighted by molar-refractivity contribution is -0.144. The number of primary amides is 1. The third-order valence-corrected chi connectivity index (χ3v) is 7.78. The monoisotopic (exact) mass is 407 g/mol. The molecular formula is C21H31F2N5O. The highest BCUT2D eigenvalue weighted by atomic mass is 19.3. The molecule has 5 rings (SSSR count). The Labute approximate surface area is 170 Å². The van der Waals surface area contributed by atoms with E-state index in [4.69, 9.17) is 10.7 Å². The molecule has 5 fully saturated rings. The molecule has 4 saturated carbocycles. The van der Waals surface area contributed by atoms with Gasteiger partial charge in [0, 0.05) is 11.8 Å². The van der Waals surface area contributed by atoms with E-state index in [1.54, 1.807) is 4.90 Å². The maximum atomic E-state index is 14.0. The number of halogens is 2. The zero-order chi connectivity index (χ0) is 20.8. The highest BCUT2D eigenvalue weighted by Crippen LogP contribution is 2.60. The second-order valence-electron chi connectivity index (χ2n) is 9.71. The van der Waals surface area contributed by atoms with Gasteiger partial charge in [-0.05, 0) is 69.2 Å². The molecule has 1 saturated heterocycles. The van der Waals surface area contributed by atoms with E-state index in [0.717, 1.165) is 32.1 Å². The Hall–Kier alpha value is -1.75. The lowest BCUT2D eigenvalue weighted by atomic mass is 9.48. The molecule has 8 heteroatoms. The van der Waals surface area contributed by atoms with Gasteiger partial charge in [-0.1, -0.05) is 6.92 Å². The molecule has 1 amide bonds. The van der Waals surface area contributed by atoms with Gasteiger partial charge in [0.1, 0.15) is 5.84 Å². The Morgan fingerprint density at radius 3 is 2.59 bits per heavy atom. The van der Waals surface area contributed by atoms with Crippen molar-refractivity contribution in [2.24, 2.45) is 33.9 Å². The van der Waals surface area contributed by atoms with Crippen LogP contribution >= 0.6 is 0 Å². The van der Waals surface area contributed by atoms with Crippen LogP contribution in [0, 0.1) is 34.6 Å². The molecule has 3 N–H and O–H groups in total. The molecule has 4 aliphatic carbocycles. The fraction of sp³-hybridized carbons (Fsp3) is 0.857. The Morgan fingerprint density at radius 2 is 2.03 bits per heavy atom. The lowest BCUT2D eigenvalue weighted by Gasteiger charge is -2.57. The average Bonchev–Trinajstić information content (AvgIpc) is 2.64. The number of carbonyl (C=O) groups excluding carboxylic acids is 1. The van der Waals surface area contributed by atoms with Crippen molar-refractivity contribution in [1.82, 2.24) is 10.2 Å². The van der Waals surface area contributed by atoms with Crippen LogP contribution in [0.3, 0.4) is 0 Å². The van der Waals surface area contributed by atoms with Crippen LogP contribution in [0.4, 0.5) is 8.78 Å². The first-order valence-electron chi connectivity index (χ1n) is 10.9. The summed E-state index contributed by atoms with van der Waals surface area (Å²) < 4.78 is 28.0. The third kappa shape index (κ3) is 3.74. The van der Waals surface area contributed by atoms with Crippen molar-refractivity contribution in [3.05, 3.63) is 0 Å². The number of piperidine rings is 1. The van der Waals surface area contributed by atoms with Gasteiger partial charge in [0.2, 0.25) is 5.91 Å². The number of carbonyl (C=O) groups is 1. The van der Waals surface area contributed by atoms with Crippen LogP contribution in [0.2, 0.25) is 0 Å². The number of nitrogens with one attached hydrogen (secondary N) is 1. The van der Waals surface area contributed by atoms with E-state index >= 15 is 0 Å². The minimum absolute atomic E-state index is 0.0363. The van der Waals surface area contributed by atoms with Gasteiger partial charge in [-0.25, -0.2) is 8.78 Å². The molecule has 0 aromatic carbocycles. The smallest absolute Gasteiger partial charge is 0.260 e. The molecule has 0 spiro atoms. The molecule has 5 aliphatic rings. The summed E-state index contributed by atoms with van der Waals surface area (Å²) in [5.41, 5.74) is 5.39. The second-order valence-corrected chi connectivity index (χ2v) is 9.71. The van der Waals surface area contributed by atoms with Crippen molar-refractivity contribution in [3.63, 3.8) is 0 Å². The maximum absolute atomic E-state index is 14.0. The number of amides is 1. The Kier molecular flexibility index (Phi) is 5.30. The van der Waals surface area contributed by atoms with E-state index in [0.29, 0.717) is 31.1 Å². The highest BCUT2D eigenvalue weighted by Gasteiger charge is 2.58. The molecule has 3 unspecified atom stereocenters. The minimum atomic E-state index is -2.69. The highest BCUT2D eigenvalue weighted by molar-refractivity contribution is 5.89. The van der Waals surface area contributed by atoms with Gasteiger partial charge in [-0.2, -0.15) is 5.26 Å². The predicted octanol–water partition coefficient (Wildman–Crippen LogP) is 2.65. The fourth-order valence-corrected chi connectivity index (χ4v) is 6.82. The number of likely N-dealkylation sites (tertiary alicyclic amines) is 1. The molecular weight excluding hydrogens is 376 g/mol. The minimum Gasteiger partial charge on any atom is -0.369 e. The number of rotatable bonds is 5. The Morgan fingerprint density at radius 1 is 1.34 bits per heavy atom. The lowest BCUT2D eigenvalue weighted by Crippen LogP contribution is -2.58. The summed E-state index contributed by atoms with van der Waals surface area (Å²) in [5.74, 6) is -1.27. The molecule has 6 nitrogen and oxygen atoms in total. The zero-order valence-electron chi connectivity index (χ0n) is 17.0. The number of hydrogen-bond acceptors (Lipinski definition) is 4. The van der Waals surface area contributed by atoms with E-state index < -0.39 is 5.92 Å². The molecule has 1 aliphatic heterocycles. The molecule has 4 bridgehead atoms. The number of aliphatic imine (C=N–C) groups is 1. The van der Waals surface area contributed by atoms with Gasteiger partial charge in [-0.15, -0.1) is 0 Å². The van der Waals surface area contributed by atoms with Crippen LogP contribution in [0.25, 0.3) is 0 Å². The summed E-state index contributed by atoms with van der Waals surface area (Å²) in [6.07, 6.45) is 7.46. The molecule has 1 heterocycles. The standard InChI is InChI=1S/C21H31F2N5O/c1-2-16(28-5-3-4-21(22,23)11-28)18(26-12-24)27-17-14-6-13-7-15(17)10-20(8-13,9-14)19(25)29/h13-17H,2-11H2,1H3,(H2,25,29)(H,26,27). The van der Waals surface area contributed by atoms with Gasteiger partial charge in [0.05, 0.1) is 18.6 Å². The summed E-state index contributed by atoms with van der Waals surface area (Å²) in [6, 6.07) is -0.280. The normalized spacial score (nSPS) is 39.7. The molecule has 0 aromatic rings. The van der Waals surface area contributed by atoms with Crippen LogP contribution in [0.5, 0.6) is 0 Å². The number of nitrogens with zero attached hydrogens (tertiary/aromatic N) is 3. The zero-order valence-corrected chi connectivity index (χ0v) is 17.0. The average molecular weight is 408 g/mol. The van der Waals surface area contributed by atoms with Gasteiger partial charge in [0.25, 0.3) is 5.92 Å². The summed E-state index contributed by atoms with van der Waals surface area (Å²) >= 11 is 0. The van der Waals surface area contributed by atoms with Crippen molar-refractivity contribution >= 4 is 11.7 Å². The van der Waals surface area contributed by atoms with Gasteiger partial charge in [0.15, 0.2) is 6.19 Å². The third-order valence-electron chi connectivity index (χ3n) is 7.78. The number of alkyl halides is 2. The van der Waals surface area contributed by atoms with Crippen LogP contribution in [-0.2, 0) is 4.79 Å². The number of nitriles is 1. The van der Waals surface area contributed by atoms with E-state index in [-0.39, 0.29) is 48.2 Å². The van der Waals surface area contributed by atoms with Crippen LogP contribution < -0.4 is 11.1 Å². The Balaban J connectivity index is 1.59. The first-order chi connectivity index (χ1) is 13.8. The van der Waals surface area contributed by atoms with Gasteiger partial charge >= 0.3 is 0 Å². The summed E-state index contributed by atoms with van der Waals surface area (Å²) in [6.45, 7) is 2.25. The summed E-state index contributed by atoms with van der Waals surface area (Å²) in [4.78, 5) is 18.9. The SMILES string of the molecule is CCC(C(=NC1C2CC3CC1CC(C(N)=O)(C3)C2)NC#N)N1CCCC(F)(F)C1. The molecule has 0 aromatic heterocycles. The van der Waals surface area contributed by atoms with E-state index in [1.807, 2.05) is 13.1 Å². The molecule has 160 valence electrons.